The molecule has 1 aliphatic heterocycles. The SMILES string of the molecule is C[C@@H](c1ccccc1)N1C[C@H]1C(=O)OC(C)(C)C. The van der Waals surface area contributed by atoms with Crippen LogP contribution in [0.4, 0.5) is 0 Å². The van der Waals surface area contributed by atoms with E-state index in [4.69, 9.17) is 4.74 Å². The highest BCUT2D eigenvalue weighted by Gasteiger charge is 2.45. The second kappa shape index (κ2) is 4.73. The van der Waals surface area contributed by atoms with Crippen LogP contribution in [0.15, 0.2) is 30.3 Å². The number of carbonyl (C=O) groups excluding carboxylic acids is 1. The molecule has 98 valence electrons. The average Bonchev–Trinajstić information content (AvgIpc) is 3.07. The van der Waals surface area contributed by atoms with Crippen LogP contribution >= 0.6 is 0 Å². The summed E-state index contributed by atoms with van der Waals surface area (Å²) in [7, 11) is 0. The molecule has 1 aliphatic rings. The molecular weight excluding hydrogens is 226 g/mol. The fourth-order valence-electron chi connectivity index (χ4n) is 2.08. The lowest BCUT2D eigenvalue weighted by molar-refractivity contribution is -0.155. The van der Waals surface area contributed by atoms with Crippen LogP contribution in [0, 0.1) is 0 Å². The molecule has 0 aromatic heterocycles. The van der Waals surface area contributed by atoms with Crippen molar-refractivity contribution in [3.8, 4) is 0 Å². The molecule has 1 aromatic rings. The molecule has 1 saturated heterocycles. The normalized spacial score (nSPS) is 24.4. The van der Waals surface area contributed by atoms with Crippen molar-refractivity contribution in [2.45, 2.75) is 45.4 Å². The van der Waals surface area contributed by atoms with Gasteiger partial charge >= 0.3 is 5.97 Å². The van der Waals surface area contributed by atoms with E-state index < -0.39 is 5.60 Å². The molecule has 0 radical (unpaired) electrons. The average molecular weight is 247 g/mol. The van der Waals surface area contributed by atoms with Crippen LogP contribution in [0.1, 0.15) is 39.3 Å². The van der Waals surface area contributed by atoms with E-state index in [9.17, 15) is 4.79 Å². The third-order valence-corrected chi connectivity index (χ3v) is 3.11. The maximum Gasteiger partial charge on any atom is 0.325 e. The number of ether oxygens (including phenoxy) is 1. The smallest absolute Gasteiger partial charge is 0.325 e. The Morgan fingerprint density at radius 3 is 2.50 bits per heavy atom. The highest BCUT2D eigenvalue weighted by Crippen LogP contribution is 2.32. The highest BCUT2D eigenvalue weighted by atomic mass is 16.6. The van der Waals surface area contributed by atoms with Crippen LogP contribution in [0.3, 0.4) is 0 Å². The van der Waals surface area contributed by atoms with Gasteiger partial charge in [-0.05, 0) is 33.3 Å². The van der Waals surface area contributed by atoms with Crippen molar-refractivity contribution in [3.63, 3.8) is 0 Å². The first-order valence-corrected chi connectivity index (χ1v) is 6.42. The molecule has 0 saturated carbocycles. The number of rotatable bonds is 3. The first-order valence-electron chi connectivity index (χ1n) is 6.42. The van der Waals surface area contributed by atoms with Crippen LogP contribution in [0.25, 0.3) is 0 Å². The molecule has 1 aromatic carbocycles. The fourth-order valence-corrected chi connectivity index (χ4v) is 2.08. The van der Waals surface area contributed by atoms with Crippen molar-refractivity contribution in [1.82, 2.24) is 4.90 Å². The van der Waals surface area contributed by atoms with Gasteiger partial charge in [-0.3, -0.25) is 9.69 Å². The number of hydrogen-bond acceptors (Lipinski definition) is 3. The predicted octanol–water partition coefficient (Wildman–Crippen LogP) is 2.77. The summed E-state index contributed by atoms with van der Waals surface area (Å²) in [6.45, 7) is 8.62. The molecule has 0 N–H and O–H groups in total. The van der Waals surface area contributed by atoms with E-state index in [1.54, 1.807) is 0 Å². The third-order valence-electron chi connectivity index (χ3n) is 3.11. The van der Waals surface area contributed by atoms with E-state index in [0.29, 0.717) is 0 Å². The summed E-state index contributed by atoms with van der Waals surface area (Å²) >= 11 is 0. The Kier molecular flexibility index (Phi) is 3.44. The predicted molar refractivity (Wildman–Crippen MR) is 71.2 cm³/mol. The Labute approximate surface area is 109 Å². The summed E-state index contributed by atoms with van der Waals surface area (Å²) in [5, 5.41) is 0. The zero-order valence-electron chi connectivity index (χ0n) is 11.5. The van der Waals surface area contributed by atoms with Gasteiger partial charge in [0.2, 0.25) is 0 Å². The van der Waals surface area contributed by atoms with Gasteiger partial charge in [-0.1, -0.05) is 30.3 Å². The molecule has 3 heteroatoms. The Balaban J connectivity index is 1.93. The quantitative estimate of drug-likeness (QED) is 0.607. The third kappa shape index (κ3) is 3.10. The lowest BCUT2D eigenvalue weighted by Gasteiger charge is -2.20. The largest absolute Gasteiger partial charge is 0.459 e. The van der Waals surface area contributed by atoms with Crippen molar-refractivity contribution in [3.05, 3.63) is 35.9 Å². The van der Waals surface area contributed by atoms with Gasteiger partial charge in [0.05, 0.1) is 0 Å². The van der Waals surface area contributed by atoms with Crippen LogP contribution in [0.5, 0.6) is 0 Å². The summed E-state index contributed by atoms with van der Waals surface area (Å²) in [6.07, 6.45) is 0. The minimum absolute atomic E-state index is 0.0700. The Morgan fingerprint density at radius 2 is 1.94 bits per heavy atom. The zero-order chi connectivity index (χ0) is 13.3. The molecule has 18 heavy (non-hydrogen) atoms. The lowest BCUT2D eigenvalue weighted by atomic mass is 10.1. The van der Waals surface area contributed by atoms with Gasteiger partial charge < -0.3 is 4.74 Å². The summed E-state index contributed by atoms with van der Waals surface area (Å²) < 4.78 is 5.40. The van der Waals surface area contributed by atoms with Crippen molar-refractivity contribution >= 4 is 5.97 Å². The van der Waals surface area contributed by atoms with Gasteiger partial charge in [0.25, 0.3) is 0 Å². The number of carbonyl (C=O) groups is 1. The van der Waals surface area contributed by atoms with Crippen LogP contribution in [0.2, 0.25) is 0 Å². The van der Waals surface area contributed by atoms with Gasteiger partial charge in [0.15, 0.2) is 0 Å². The molecule has 0 bridgehead atoms. The molecule has 3 atom stereocenters. The highest BCUT2D eigenvalue weighted by molar-refractivity contribution is 5.79. The number of nitrogens with zero attached hydrogens (tertiary/aromatic N) is 1. The fraction of sp³-hybridized carbons (Fsp3) is 0.533. The summed E-state index contributed by atoms with van der Waals surface area (Å²) in [6, 6.07) is 10.4. The van der Waals surface area contributed by atoms with Crippen LogP contribution in [-0.2, 0) is 9.53 Å². The summed E-state index contributed by atoms with van der Waals surface area (Å²) in [5.41, 5.74) is 0.838. The van der Waals surface area contributed by atoms with E-state index in [1.807, 2.05) is 39.0 Å². The van der Waals surface area contributed by atoms with Gasteiger partial charge in [-0.25, -0.2) is 0 Å². The molecule has 1 fully saturated rings. The maximum atomic E-state index is 11.9. The minimum atomic E-state index is -0.401. The zero-order valence-corrected chi connectivity index (χ0v) is 11.5. The first-order chi connectivity index (χ1) is 8.38. The Hall–Kier alpha value is -1.35. The topological polar surface area (TPSA) is 29.3 Å². The second-order valence-electron chi connectivity index (χ2n) is 5.83. The van der Waals surface area contributed by atoms with Crippen LogP contribution < -0.4 is 0 Å². The molecule has 1 heterocycles. The number of esters is 1. The molecule has 1 unspecified atom stereocenters. The van der Waals surface area contributed by atoms with Crippen molar-refractivity contribution in [2.75, 3.05) is 6.54 Å². The molecule has 3 nitrogen and oxygen atoms in total. The second-order valence-corrected chi connectivity index (χ2v) is 5.83. The van der Waals surface area contributed by atoms with Gasteiger partial charge in [-0.15, -0.1) is 0 Å². The molecule has 0 spiro atoms. The molecular formula is C15H21NO2. The number of benzene rings is 1. The minimum Gasteiger partial charge on any atom is -0.459 e. The van der Waals surface area contributed by atoms with E-state index in [-0.39, 0.29) is 18.1 Å². The van der Waals surface area contributed by atoms with Gasteiger partial charge in [0, 0.05) is 12.6 Å². The number of hydrogen-bond donors (Lipinski definition) is 0. The molecule has 0 amide bonds. The monoisotopic (exact) mass is 247 g/mol. The summed E-state index contributed by atoms with van der Waals surface area (Å²) in [5.74, 6) is -0.106. The van der Waals surface area contributed by atoms with E-state index in [1.165, 1.54) is 5.56 Å². The first kappa shape index (κ1) is 13.1. The Morgan fingerprint density at radius 1 is 1.33 bits per heavy atom. The molecule has 0 aliphatic carbocycles. The van der Waals surface area contributed by atoms with Crippen molar-refractivity contribution in [2.24, 2.45) is 0 Å². The molecule has 2 rings (SSSR count). The van der Waals surface area contributed by atoms with Crippen molar-refractivity contribution in [1.29, 1.82) is 0 Å². The summed E-state index contributed by atoms with van der Waals surface area (Å²) in [4.78, 5) is 14.1. The standard InChI is InChI=1S/C15H21NO2/c1-11(12-8-6-5-7-9-12)16-10-13(16)14(17)18-15(2,3)4/h5-9,11,13H,10H2,1-4H3/t11-,13-,16?/m0/s1. The van der Waals surface area contributed by atoms with E-state index in [0.717, 1.165) is 6.54 Å². The van der Waals surface area contributed by atoms with E-state index in [2.05, 4.69) is 24.0 Å². The van der Waals surface area contributed by atoms with E-state index >= 15 is 0 Å². The van der Waals surface area contributed by atoms with Gasteiger partial charge in [-0.2, -0.15) is 0 Å². The lowest BCUT2D eigenvalue weighted by Crippen LogP contribution is -2.28. The van der Waals surface area contributed by atoms with Gasteiger partial charge in [0.1, 0.15) is 11.6 Å². The van der Waals surface area contributed by atoms with Crippen LogP contribution in [-0.4, -0.2) is 29.1 Å². The van der Waals surface area contributed by atoms with Crippen molar-refractivity contribution < 1.29 is 9.53 Å². The maximum absolute atomic E-state index is 11.9. The Bertz CT molecular complexity index is 422.